The summed E-state index contributed by atoms with van der Waals surface area (Å²) in [6.45, 7) is 3.52. The van der Waals surface area contributed by atoms with Gasteiger partial charge in [0.2, 0.25) is 0 Å². The third-order valence-electron chi connectivity index (χ3n) is 5.78. The number of ether oxygens (including phenoxy) is 2. The van der Waals surface area contributed by atoms with E-state index in [1.165, 1.54) is 12.5 Å². The van der Waals surface area contributed by atoms with E-state index in [0.717, 1.165) is 37.9 Å². The van der Waals surface area contributed by atoms with Crippen LogP contribution in [0.25, 0.3) is 0 Å². The van der Waals surface area contributed by atoms with Gasteiger partial charge in [0.25, 0.3) is 5.91 Å². The molecule has 2 aromatic heterocycles. The first-order valence-corrected chi connectivity index (χ1v) is 9.56. The number of hydrogen-bond acceptors (Lipinski definition) is 6. The van der Waals surface area contributed by atoms with E-state index in [0.29, 0.717) is 37.8 Å². The second kappa shape index (κ2) is 8.19. The summed E-state index contributed by atoms with van der Waals surface area (Å²) in [6, 6.07) is 3.95. The molecule has 0 unspecified atom stereocenters. The minimum atomic E-state index is -0.108. The van der Waals surface area contributed by atoms with Crippen molar-refractivity contribution >= 4 is 5.91 Å². The molecule has 27 heavy (non-hydrogen) atoms. The standard InChI is InChI=1S/C20H25N3O4/c24-19(17-13-22-27-15-17)23-8-5-20(6-9-23)18(4-11-26-20)3-10-25-14-16-2-1-7-21-12-16/h1-2,7,12-13,15,18H,3-6,8-11,14H2/t18-/m1/s1. The van der Waals surface area contributed by atoms with E-state index in [-0.39, 0.29) is 11.5 Å². The molecule has 1 atom stereocenters. The van der Waals surface area contributed by atoms with Crippen LogP contribution in [0.15, 0.2) is 41.5 Å². The van der Waals surface area contributed by atoms with E-state index in [4.69, 9.17) is 14.0 Å². The number of likely N-dealkylation sites (tertiary alicyclic amines) is 1. The second-order valence-corrected chi connectivity index (χ2v) is 7.31. The number of pyridine rings is 1. The average Bonchev–Trinajstić information content (AvgIpc) is 3.37. The molecular weight excluding hydrogens is 346 g/mol. The molecule has 2 fully saturated rings. The molecule has 2 aliphatic heterocycles. The van der Waals surface area contributed by atoms with Gasteiger partial charge in [-0.15, -0.1) is 0 Å². The molecular formula is C20H25N3O4. The van der Waals surface area contributed by atoms with Crippen molar-refractivity contribution in [3.05, 3.63) is 48.1 Å². The molecule has 4 heterocycles. The fourth-order valence-corrected chi connectivity index (χ4v) is 4.23. The van der Waals surface area contributed by atoms with Crippen molar-refractivity contribution in [2.24, 2.45) is 5.92 Å². The summed E-state index contributed by atoms with van der Waals surface area (Å²) < 4.78 is 16.8. The van der Waals surface area contributed by atoms with Gasteiger partial charge in [-0.25, -0.2) is 0 Å². The van der Waals surface area contributed by atoms with E-state index in [2.05, 4.69) is 10.1 Å². The summed E-state index contributed by atoms with van der Waals surface area (Å²) in [5.41, 5.74) is 1.50. The van der Waals surface area contributed by atoms with Gasteiger partial charge in [0.15, 0.2) is 0 Å². The summed E-state index contributed by atoms with van der Waals surface area (Å²) in [4.78, 5) is 18.4. The molecule has 2 aliphatic rings. The fourth-order valence-electron chi connectivity index (χ4n) is 4.23. The van der Waals surface area contributed by atoms with Gasteiger partial charge in [0, 0.05) is 38.7 Å². The van der Waals surface area contributed by atoms with Crippen LogP contribution in [0.5, 0.6) is 0 Å². The number of piperidine rings is 1. The Kier molecular flexibility index (Phi) is 5.50. The lowest BCUT2D eigenvalue weighted by atomic mass is 9.78. The van der Waals surface area contributed by atoms with Gasteiger partial charge >= 0.3 is 0 Å². The monoisotopic (exact) mass is 371 g/mol. The van der Waals surface area contributed by atoms with E-state index in [1.54, 1.807) is 6.20 Å². The predicted octanol–water partition coefficient (Wildman–Crippen LogP) is 2.69. The molecule has 2 saturated heterocycles. The van der Waals surface area contributed by atoms with E-state index in [9.17, 15) is 4.79 Å². The number of carbonyl (C=O) groups is 1. The van der Waals surface area contributed by atoms with Crippen molar-refractivity contribution < 1.29 is 18.8 Å². The molecule has 1 spiro atoms. The number of carbonyl (C=O) groups excluding carboxylic acids is 1. The average molecular weight is 371 g/mol. The molecule has 0 aromatic carbocycles. The zero-order chi connectivity index (χ0) is 18.5. The van der Waals surface area contributed by atoms with Crippen LogP contribution in [-0.2, 0) is 16.1 Å². The molecule has 4 rings (SSSR count). The Hall–Kier alpha value is -2.25. The number of aromatic nitrogens is 2. The Balaban J connectivity index is 1.26. The zero-order valence-electron chi connectivity index (χ0n) is 15.4. The Labute approximate surface area is 158 Å². The Morgan fingerprint density at radius 2 is 2.22 bits per heavy atom. The van der Waals surface area contributed by atoms with Crippen LogP contribution < -0.4 is 0 Å². The maximum absolute atomic E-state index is 12.5. The summed E-state index contributed by atoms with van der Waals surface area (Å²) in [5, 5.41) is 3.62. The van der Waals surface area contributed by atoms with Gasteiger partial charge in [-0.3, -0.25) is 9.78 Å². The molecule has 0 aliphatic carbocycles. The van der Waals surface area contributed by atoms with Gasteiger partial charge in [-0.1, -0.05) is 11.2 Å². The lowest BCUT2D eigenvalue weighted by Gasteiger charge is -2.42. The minimum Gasteiger partial charge on any atom is -0.377 e. The highest BCUT2D eigenvalue weighted by molar-refractivity contribution is 5.93. The summed E-state index contributed by atoms with van der Waals surface area (Å²) in [5.74, 6) is 0.472. The van der Waals surface area contributed by atoms with Gasteiger partial charge in [-0.05, 0) is 43.2 Å². The quantitative estimate of drug-likeness (QED) is 0.727. The van der Waals surface area contributed by atoms with Crippen LogP contribution in [0.2, 0.25) is 0 Å². The van der Waals surface area contributed by atoms with Crippen LogP contribution in [0.3, 0.4) is 0 Å². The summed E-state index contributed by atoms with van der Waals surface area (Å²) >= 11 is 0. The highest BCUT2D eigenvalue weighted by atomic mass is 16.5. The van der Waals surface area contributed by atoms with Gasteiger partial charge in [0.1, 0.15) is 6.26 Å². The number of nitrogens with zero attached hydrogens (tertiary/aromatic N) is 3. The van der Waals surface area contributed by atoms with Crippen LogP contribution >= 0.6 is 0 Å². The van der Waals surface area contributed by atoms with Crippen molar-refractivity contribution in [2.75, 3.05) is 26.3 Å². The first kappa shape index (κ1) is 18.1. The molecule has 0 radical (unpaired) electrons. The maximum Gasteiger partial charge on any atom is 0.258 e. The van der Waals surface area contributed by atoms with Gasteiger partial charge in [-0.2, -0.15) is 0 Å². The SMILES string of the molecule is O=C(c1cnoc1)N1CCC2(CC1)OCC[C@H]2CCOCc1cccnc1. The molecule has 1 amide bonds. The highest BCUT2D eigenvalue weighted by Gasteiger charge is 2.46. The smallest absolute Gasteiger partial charge is 0.258 e. The topological polar surface area (TPSA) is 77.7 Å². The fraction of sp³-hybridized carbons (Fsp3) is 0.550. The number of amides is 1. The van der Waals surface area contributed by atoms with Crippen molar-refractivity contribution in [2.45, 2.75) is 37.9 Å². The molecule has 7 heteroatoms. The van der Waals surface area contributed by atoms with E-state index in [1.807, 2.05) is 23.2 Å². The lowest BCUT2D eigenvalue weighted by molar-refractivity contribution is -0.0675. The normalized spacial score (nSPS) is 21.6. The summed E-state index contributed by atoms with van der Waals surface area (Å²) in [6.07, 6.45) is 10.3. The maximum atomic E-state index is 12.5. The second-order valence-electron chi connectivity index (χ2n) is 7.31. The van der Waals surface area contributed by atoms with Crippen LogP contribution in [0.4, 0.5) is 0 Å². The van der Waals surface area contributed by atoms with Crippen molar-refractivity contribution in [1.29, 1.82) is 0 Å². The van der Waals surface area contributed by atoms with E-state index < -0.39 is 0 Å². The minimum absolute atomic E-state index is 0.0135. The third-order valence-corrected chi connectivity index (χ3v) is 5.78. The number of hydrogen-bond donors (Lipinski definition) is 0. The molecule has 0 saturated carbocycles. The van der Waals surface area contributed by atoms with E-state index >= 15 is 0 Å². The van der Waals surface area contributed by atoms with Crippen LogP contribution in [-0.4, -0.2) is 52.9 Å². The largest absolute Gasteiger partial charge is 0.377 e. The Bertz CT molecular complexity index is 727. The zero-order valence-corrected chi connectivity index (χ0v) is 15.4. The van der Waals surface area contributed by atoms with Crippen molar-refractivity contribution in [3.8, 4) is 0 Å². The van der Waals surface area contributed by atoms with Gasteiger partial charge in [0.05, 0.1) is 24.0 Å². The van der Waals surface area contributed by atoms with Crippen molar-refractivity contribution in [1.82, 2.24) is 15.0 Å². The Morgan fingerprint density at radius 3 is 2.96 bits per heavy atom. The predicted molar refractivity (Wildman–Crippen MR) is 96.9 cm³/mol. The first-order valence-electron chi connectivity index (χ1n) is 9.56. The number of rotatable bonds is 6. The lowest BCUT2D eigenvalue weighted by Crippen LogP contribution is -2.49. The van der Waals surface area contributed by atoms with Crippen LogP contribution in [0.1, 0.15) is 41.6 Å². The van der Waals surface area contributed by atoms with Crippen molar-refractivity contribution in [3.63, 3.8) is 0 Å². The molecule has 144 valence electrons. The van der Waals surface area contributed by atoms with Crippen LogP contribution in [0, 0.1) is 5.92 Å². The molecule has 2 aromatic rings. The molecule has 0 bridgehead atoms. The molecule has 0 N–H and O–H groups in total. The summed E-state index contributed by atoms with van der Waals surface area (Å²) in [7, 11) is 0. The Morgan fingerprint density at radius 1 is 1.33 bits per heavy atom. The highest BCUT2D eigenvalue weighted by Crippen LogP contribution is 2.42. The third kappa shape index (κ3) is 4.04. The molecule has 7 nitrogen and oxygen atoms in total. The van der Waals surface area contributed by atoms with Gasteiger partial charge < -0.3 is 18.9 Å². The first-order chi connectivity index (χ1) is 13.3.